The van der Waals surface area contributed by atoms with Gasteiger partial charge in [0.05, 0.1) is 18.1 Å². The zero-order valence-electron chi connectivity index (χ0n) is 11.6. The summed E-state index contributed by atoms with van der Waals surface area (Å²) in [6.07, 6.45) is 3.18. The Bertz CT molecular complexity index is 819. The molecule has 0 aliphatic heterocycles. The molecule has 0 aliphatic rings. The van der Waals surface area contributed by atoms with Crippen molar-refractivity contribution in [2.24, 2.45) is 0 Å². The number of benzene rings is 1. The van der Waals surface area contributed by atoms with E-state index in [1.54, 1.807) is 24.4 Å². The summed E-state index contributed by atoms with van der Waals surface area (Å²) in [6, 6.07) is 9.25. The molecule has 0 spiro atoms. The number of nitrogens with zero attached hydrogens (tertiary/aromatic N) is 2. The molecule has 0 atom stereocenters. The van der Waals surface area contributed by atoms with Crippen LogP contribution in [0.5, 0.6) is 0 Å². The SMILES string of the molecule is O=C(O)c1ccc(NSc2cnc(-c3ccc(F)cc3)s2)cn1. The minimum atomic E-state index is -1.06. The van der Waals surface area contributed by atoms with Gasteiger partial charge >= 0.3 is 5.97 Å². The molecule has 116 valence electrons. The van der Waals surface area contributed by atoms with Gasteiger partial charge in [-0.1, -0.05) is 0 Å². The van der Waals surface area contributed by atoms with Crippen molar-refractivity contribution in [1.29, 1.82) is 0 Å². The fourth-order valence-corrected chi connectivity index (χ4v) is 3.35. The van der Waals surface area contributed by atoms with Crippen LogP contribution in [-0.2, 0) is 0 Å². The summed E-state index contributed by atoms with van der Waals surface area (Å²) in [6.45, 7) is 0. The van der Waals surface area contributed by atoms with Crippen LogP contribution < -0.4 is 4.72 Å². The summed E-state index contributed by atoms with van der Waals surface area (Å²) in [4.78, 5) is 18.9. The summed E-state index contributed by atoms with van der Waals surface area (Å²) in [5, 5.41) is 9.59. The molecular weight excluding hydrogens is 337 g/mol. The largest absolute Gasteiger partial charge is 0.477 e. The molecule has 2 heterocycles. The number of anilines is 1. The van der Waals surface area contributed by atoms with Crippen molar-refractivity contribution in [3.63, 3.8) is 0 Å². The molecule has 23 heavy (non-hydrogen) atoms. The van der Waals surface area contributed by atoms with E-state index < -0.39 is 5.97 Å². The van der Waals surface area contributed by atoms with Gasteiger partial charge in [0, 0.05) is 5.56 Å². The molecule has 2 N–H and O–H groups in total. The van der Waals surface area contributed by atoms with Crippen molar-refractivity contribution in [2.75, 3.05) is 4.72 Å². The van der Waals surface area contributed by atoms with Crippen molar-refractivity contribution in [1.82, 2.24) is 9.97 Å². The Hall–Kier alpha value is -2.45. The van der Waals surface area contributed by atoms with Crippen LogP contribution in [0.1, 0.15) is 10.5 Å². The van der Waals surface area contributed by atoms with E-state index in [9.17, 15) is 9.18 Å². The number of hydrogen-bond donors (Lipinski definition) is 2. The second kappa shape index (κ2) is 6.76. The number of carboxylic acids is 1. The first-order valence-corrected chi connectivity index (χ1v) is 8.09. The van der Waals surface area contributed by atoms with Crippen molar-refractivity contribution >= 4 is 34.9 Å². The van der Waals surface area contributed by atoms with Crippen LogP contribution in [0.2, 0.25) is 0 Å². The van der Waals surface area contributed by atoms with E-state index in [0.29, 0.717) is 5.69 Å². The number of pyridine rings is 1. The van der Waals surface area contributed by atoms with Crippen molar-refractivity contribution in [3.8, 4) is 10.6 Å². The second-order valence-corrected chi connectivity index (χ2v) is 6.57. The highest BCUT2D eigenvalue weighted by atomic mass is 32.2. The second-order valence-electron chi connectivity index (χ2n) is 4.43. The molecule has 0 unspecified atom stereocenters. The molecule has 0 aliphatic carbocycles. The topological polar surface area (TPSA) is 75.1 Å². The zero-order valence-corrected chi connectivity index (χ0v) is 13.2. The highest BCUT2D eigenvalue weighted by Crippen LogP contribution is 2.31. The number of carbonyl (C=O) groups is 1. The number of carboxylic acid groups (broad SMARTS) is 1. The third kappa shape index (κ3) is 3.85. The molecule has 0 radical (unpaired) electrons. The zero-order chi connectivity index (χ0) is 16.2. The first-order valence-electron chi connectivity index (χ1n) is 6.46. The predicted octanol–water partition coefficient (Wildman–Crippen LogP) is 4.16. The summed E-state index contributed by atoms with van der Waals surface area (Å²) in [5.74, 6) is -1.34. The third-order valence-corrected chi connectivity index (χ3v) is 4.81. The molecule has 0 fully saturated rings. The number of nitrogens with one attached hydrogen (secondary N) is 1. The van der Waals surface area contributed by atoms with Crippen LogP contribution in [0.3, 0.4) is 0 Å². The van der Waals surface area contributed by atoms with Crippen molar-refractivity contribution < 1.29 is 14.3 Å². The van der Waals surface area contributed by atoms with E-state index in [-0.39, 0.29) is 11.5 Å². The van der Waals surface area contributed by atoms with Gasteiger partial charge in [0.25, 0.3) is 0 Å². The molecule has 3 aromatic rings. The van der Waals surface area contributed by atoms with Crippen LogP contribution in [0.15, 0.2) is 53.0 Å². The molecular formula is C15H10FN3O2S2. The molecule has 1 aromatic carbocycles. The van der Waals surface area contributed by atoms with E-state index in [0.717, 1.165) is 14.8 Å². The molecule has 8 heteroatoms. The number of aromatic carboxylic acids is 1. The average Bonchev–Trinajstić information content (AvgIpc) is 3.03. The van der Waals surface area contributed by atoms with Gasteiger partial charge in [-0.2, -0.15) is 0 Å². The van der Waals surface area contributed by atoms with Crippen LogP contribution in [0.4, 0.5) is 10.1 Å². The Morgan fingerprint density at radius 3 is 2.57 bits per heavy atom. The average molecular weight is 347 g/mol. The minimum Gasteiger partial charge on any atom is -0.477 e. The van der Waals surface area contributed by atoms with E-state index in [4.69, 9.17) is 5.11 Å². The third-order valence-electron chi connectivity index (χ3n) is 2.83. The van der Waals surface area contributed by atoms with Gasteiger partial charge in [0.1, 0.15) is 20.7 Å². The maximum atomic E-state index is 12.9. The first-order chi connectivity index (χ1) is 11.1. The number of rotatable bonds is 5. The summed E-state index contributed by atoms with van der Waals surface area (Å²) >= 11 is 2.82. The Labute approximate surface area is 139 Å². The molecule has 0 bridgehead atoms. The number of halogens is 1. The van der Waals surface area contributed by atoms with E-state index >= 15 is 0 Å². The fraction of sp³-hybridized carbons (Fsp3) is 0. The molecule has 3 rings (SSSR count). The lowest BCUT2D eigenvalue weighted by Gasteiger charge is -2.02. The van der Waals surface area contributed by atoms with Gasteiger partial charge in [-0.25, -0.2) is 19.2 Å². The smallest absolute Gasteiger partial charge is 0.354 e. The van der Waals surface area contributed by atoms with E-state index in [1.165, 1.54) is 47.7 Å². The first kappa shape index (κ1) is 15.4. The lowest BCUT2D eigenvalue weighted by molar-refractivity contribution is 0.0690. The standard InChI is InChI=1S/C15H10FN3O2S2/c16-10-3-1-9(2-4-10)14-18-8-13(22-14)23-19-11-5-6-12(15(20)21)17-7-11/h1-8,19H,(H,20,21). The van der Waals surface area contributed by atoms with E-state index in [1.807, 2.05) is 0 Å². The molecule has 0 amide bonds. The maximum Gasteiger partial charge on any atom is 0.354 e. The van der Waals surface area contributed by atoms with Gasteiger partial charge in [0.15, 0.2) is 0 Å². The number of hydrogen-bond acceptors (Lipinski definition) is 6. The van der Waals surface area contributed by atoms with Crippen LogP contribution in [0, 0.1) is 5.82 Å². The quantitative estimate of drug-likeness (QED) is 0.675. The van der Waals surface area contributed by atoms with Crippen molar-refractivity contribution in [2.45, 2.75) is 4.21 Å². The van der Waals surface area contributed by atoms with Crippen molar-refractivity contribution in [3.05, 3.63) is 60.3 Å². The number of aromatic nitrogens is 2. The monoisotopic (exact) mass is 347 g/mol. The maximum absolute atomic E-state index is 12.9. The minimum absolute atomic E-state index is 0.00284. The Morgan fingerprint density at radius 2 is 1.91 bits per heavy atom. The highest BCUT2D eigenvalue weighted by Gasteiger charge is 2.07. The normalized spacial score (nSPS) is 10.5. The predicted molar refractivity (Wildman–Crippen MR) is 88.2 cm³/mol. The lowest BCUT2D eigenvalue weighted by atomic mass is 10.2. The Kier molecular flexibility index (Phi) is 4.54. The molecule has 5 nitrogen and oxygen atoms in total. The highest BCUT2D eigenvalue weighted by molar-refractivity contribution is 8.02. The summed E-state index contributed by atoms with van der Waals surface area (Å²) < 4.78 is 16.9. The van der Waals surface area contributed by atoms with Gasteiger partial charge in [0.2, 0.25) is 0 Å². The van der Waals surface area contributed by atoms with Crippen LogP contribution in [-0.4, -0.2) is 21.0 Å². The molecule has 2 aromatic heterocycles. The molecule has 0 saturated heterocycles. The molecule has 0 saturated carbocycles. The summed E-state index contributed by atoms with van der Waals surface area (Å²) in [5.41, 5.74) is 1.55. The van der Waals surface area contributed by atoms with Crippen LogP contribution in [0.25, 0.3) is 10.6 Å². The fourth-order valence-electron chi connectivity index (χ4n) is 1.72. The number of thiazole rings is 1. The Balaban J connectivity index is 1.65. The Morgan fingerprint density at radius 1 is 1.13 bits per heavy atom. The van der Waals surface area contributed by atoms with Gasteiger partial charge in [-0.15, -0.1) is 11.3 Å². The van der Waals surface area contributed by atoms with Crippen LogP contribution >= 0.6 is 23.3 Å². The van der Waals surface area contributed by atoms with Gasteiger partial charge < -0.3 is 9.83 Å². The summed E-state index contributed by atoms with van der Waals surface area (Å²) in [7, 11) is 0. The van der Waals surface area contributed by atoms with Gasteiger partial charge in [-0.3, -0.25) is 0 Å². The van der Waals surface area contributed by atoms with E-state index in [2.05, 4.69) is 14.7 Å². The lowest BCUT2D eigenvalue weighted by Crippen LogP contribution is -1.99. The van der Waals surface area contributed by atoms with Gasteiger partial charge in [-0.05, 0) is 48.3 Å².